The first-order valence-corrected chi connectivity index (χ1v) is 9.57. The van der Waals surface area contributed by atoms with Gasteiger partial charge < -0.3 is 35.6 Å². The number of rotatable bonds is 7. The van der Waals surface area contributed by atoms with Crippen molar-refractivity contribution in [3.63, 3.8) is 0 Å². The number of β-amino-alcohol motifs (C(OH)–C–C–N with tert-alkyl or cyclic N) is 1. The van der Waals surface area contributed by atoms with Gasteiger partial charge in [0.25, 0.3) is 5.91 Å². The van der Waals surface area contributed by atoms with Gasteiger partial charge in [-0.2, -0.15) is 0 Å². The minimum absolute atomic E-state index is 0.0112. The van der Waals surface area contributed by atoms with Crippen LogP contribution in [-0.4, -0.2) is 73.1 Å². The third-order valence-electron chi connectivity index (χ3n) is 5.12. The molecule has 0 saturated carbocycles. The number of nitrogen functional groups attached to an aromatic ring is 1. The maximum Gasteiger partial charge on any atom is 0.255 e. The van der Waals surface area contributed by atoms with E-state index in [2.05, 4.69) is 10.2 Å². The molecule has 1 saturated heterocycles. The molecule has 5 N–H and O–H groups in total. The van der Waals surface area contributed by atoms with Crippen molar-refractivity contribution in [1.82, 2.24) is 10.2 Å². The molecular formula is C19H29N3O5. The molecule has 1 aromatic carbocycles. The number of amides is 1. The summed E-state index contributed by atoms with van der Waals surface area (Å²) in [7, 11) is 0. The predicted molar refractivity (Wildman–Crippen MR) is 101 cm³/mol. The van der Waals surface area contributed by atoms with E-state index in [1.807, 2.05) is 0 Å². The molecule has 0 bridgehead atoms. The number of nitrogens with zero attached hydrogens (tertiary/aromatic N) is 1. The van der Waals surface area contributed by atoms with Crippen LogP contribution in [0, 0.1) is 5.92 Å². The highest BCUT2D eigenvalue weighted by Crippen LogP contribution is 2.36. The lowest BCUT2D eigenvalue weighted by atomic mass is 9.93. The number of carbonyl (C=O) groups is 1. The second-order valence-electron chi connectivity index (χ2n) is 7.15. The maximum absolute atomic E-state index is 12.6. The molecule has 1 aromatic rings. The number of likely N-dealkylation sites (tertiary alicyclic amines) is 1. The summed E-state index contributed by atoms with van der Waals surface area (Å²) >= 11 is 0. The van der Waals surface area contributed by atoms with Crippen LogP contribution in [0.15, 0.2) is 12.1 Å². The third-order valence-corrected chi connectivity index (χ3v) is 5.12. The fraction of sp³-hybridized carbons (Fsp3) is 0.632. The molecule has 1 fully saturated rings. The first-order chi connectivity index (χ1) is 13.1. The van der Waals surface area contributed by atoms with Gasteiger partial charge in [0.15, 0.2) is 11.5 Å². The second kappa shape index (κ2) is 9.25. The largest absolute Gasteiger partial charge is 0.486 e. The van der Waals surface area contributed by atoms with E-state index < -0.39 is 6.10 Å². The Morgan fingerprint density at radius 2 is 2.11 bits per heavy atom. The van der Waals surface area contributed by atoms with Crippen LogP contribution in [-0.2, 0) is 0 Å². The average Bonchev–Trinajstić information content (AvgIpc) is 2.66. The van der Waals surface area contributed by atoms with Crippen LogP contribution >= 0.6 is 0 Å². The molecule has 0 radical (unpaired) electrons. The fourth-order valence-corrected chi connectivity index (χ4v) is 3.60. The lowest BCUT2D eigenvalue weighted by molar-refractivity contribution is 0.0212. The minimum Gasteiger partial charge on any atom is -0.486 e. The standard InChI is InChI=1S/C19H29N3O5/c20-14-9-15(18-17(10-14)26-7-8-27-18)19(25)21-11-13-3-5-22(12-16(13)24)4-1-2-6-23/h9-10,13,16,23-24H,1-8,11-12,20H2,(H,21,25)/t13-,16?/m0/s1. The Bertz CT molecular complexity index is 654. The number of hydrogen-bond acceptors (Lipinski definition) is 7. The van der Waals surface area contributed by atoms with Gasteiger partial charge in [0.1, 0.15) is 13.2 Å². The van der Waals surface area contributed by atoms with Gasteiger partial charge in [0, 0.05) is 37.4 Å². The molecule has 0 spiro atoms. The number of nitrogens with one attached hydrogen (secondary N) is 1. The molecule has 2 aliphatic heterocycles. The Balaban J connectivity index is 1.53. The zero-order valence-electron chi connectivity index (χ0n) is 15.5. The van der Waals surface area contributed by atoms with E-state index in [1.165, 1.54) is 0 Å². The molecule has 0 aromatic heterocycles. The van der Waals surface area contributed by atoms with Gasteiger partial charge in [-0.1, -0.05) is 0 Å². The molecule has 2 heterocycles. The number of benzene rings is 1. The third kappa shape index (κ3) is 5.03. The van der Waals surface area contributed by atoms with E-state index in [0.29, 0.717) is 49.1 Å². The van der Waals surface area contributed by atoms with Gasteiger partial charge in [-0.3, -0.25) is 4.79 Å². The van der Waals surface area contributed by atoms with E-state index in [-0.39, 0.29) is 18.4 Å². The van der Waals surface area contributed by atoms with Gasteiger partial charge in [-0.25, -0.2) is 0 Å². The van der Waals surface area contributed by atoms with Crippen LogP contribution in [0.25, 0.3) is 0 Å². The zero-order chi connectivity index (χ0) is 19.2. The summed E-state index contributed by atoms with van der Waals surface area (Å²) in [6, 6.07) is 3.24. The van der Waals surface area contributed by atoms with Crippen molar-refractivity contribution in [2.75, 3.05) is 51.7 Å². The van der Waals surface area contributed by atoms with Crippen LogP contribution < -0.4 is 20.5 Å². The Hall–Kier alpha value is -2.03. The smallest absolute Gasteiger partial charge is 0.255 e. The number of aliphatic hydroxyl groups is 2. The Kier molecular flexibility index (Phi) is 6.76. The molecule has 1 unspecified atom stereocenters. The van der Waals surface area contributed by atoms with Crippen molar-refractivity contribution < 1.29 is 24.5 Å². The number of hydrogen-bond donors (Lipinski definition) is 4. The van der Waals surface area contributed by atoms with Gasteiger partial charge >= 0.3 is 0 Å². The van der Waals surface area contributed by atoms with E-state index in [9.17, 15) is 9.90 Å². The summed E-state index contributed by atoms with van der Waals surface area (Å²) in [6.07, 6.45) is 2.03. The lowest BCUT2D eigenvalue weighted by Gasteiger charge is -2.36. The molecule has 8 nitrogen and oxygen atoms in total. The predicted octanol–water partition coefficient (Wildman–Crippen LogP) is 0.225. The number of piperidine rings is 1. The molecular weight excluding hydrogens is 350 g/mol. The molecule has 8 heteroatoms. The van der Waals surface area contributed by atoms with Crippen LogP contribution in [0.3, 0.4) is 0 Å². The number of aliphatic hydroxyl groups excluding tert-OH is 2. The summed E-state index contributed by atoms with van der Waals surface area (Å²) in [5, 5.41) is 22.2. The normalized spacial score (nSPS) is 22.4. The van der Waals surface area contributed by atoms with Crippen molar-refractivity contribution in [2.24, 2.45) is 5.92 Å². The molecule has 2 aliphatic rings. The zero-order valence-corrected chi connectivity index (χ0v) is 15.5. The Morgan fingerprint density at radius 1 is 1.30 bits per heavy atom. The second-order valence-corrected chi connectivity index (χ2v) is 7.15. The number of carbonyl (C=O) groups excluding carboxylic acids is 1. The van der Waals surface area contributed by atoms with Crippen LogP contribution in [0.1, 0.15) is 29.6 Å². The van der Waals surface area contributed by atoms with Gasteiger partial charge in [-0.05, 0) is 38.4 Å². The molecule has 0 aliphatic carbocycles. The first-order valence-electron chi connectivity index (χ1n) is 9.57. The van der Waals surface area contributed by atoms with Crippen molar-refractivity contribution >= 4 is 11.6 Å². The number of nitrogens with two attached hydrogens (primary N) is 1. The van der Waals surface area contributed by atoms with Crippen molar-refractivity contribution in [3.05, 3.63) is 17.7 Å². The topological polar surface area (TPSA) is 117 Å². The van der Waals surface area contributed by atoms with Crippen LogP contribution in [0.5, 0.6) is 11.5 Å². The monoisotopic (exact) mass is 379 g/mol. The van der Waals surface area contributed by atoms with E-state index in [1.54, 1.807) is 12.1 Å². The quantitative estimate of drug-likeness (QED) is 0.396. The molecule has 1 amide bonds. The SMILES string of the molecule is Nc1cc2c(c(C(=O)NC[C@@H]3CCN(CCCCO)CC3O)c1)OCCO2. The molecule has 150 valence electrons. The highest BCUT2D eigenvalue weighted by Gasteiger charge is 2.28. The lowest BCUT2D eigenvalue weighted by Crippen LogP contribution is -2.47. The molecule has 3 rings (SSSR count). The van der Waals surface area contributed by atoms with Crippen molar-refractivity contribution in [1.29, 1.82) is 0 Å². The summed E-state index contributed by atoms with van der Waals surface area (Å²) < 4.78 is 11.1. The highest BCUT2D eigenvalue weighted by molar-refractivity contribution is 5.99. The van der Waals surface area contributed by atoms with Crippen LogP contribution in [0.2, 0.25) is 0 Å². The summed E-state index contributed by atoms with van der Waals surface area (Å²) in [6.45, 7) is 3.78. The molecule has 27 heavy (non-hydrogen) atoms. The van der Waals surface area contributed by atoms with Gasteiger partial charge in [0.05, 0.1) is 11.7 Å². The van der Waals surface area contributed by atoms with E-state index in [0.717, 1.165) is 32.4 Å². The number of anilines is 1. The first kappa shape index (κ1) is 19.7. The fourth-order valence-electron chi connectivity index (χ4n) is 3.60. The van der Waals surface area contributed by atoms with Gasteiger partial charge in [-0.15, -0.1) is 0 Å². The minimum atomic E-state index is -0.484. The highest BCUT2D eigenvalue weighted by atomic mass is 16.6. The van der Waals surface area contributed by atoms with Crippen LogP contribution in [0.4, 0.5) is 5.69 Å². The van der Waals surface area contributed by atoms with E-state index >= 15 is 0 Å². The van der Waals surface area contributed by atoms with Crippen molar-refractivity contribution in [2.45, 2.75) is 25.4 Å². The summed E-state index contributed by atoms with van der Waals surface area (Å²) in [5.41, 5.74) is 6.68. The average molecular weight is 379 g/mol. The van der Waals surface area contributed by atoms with E-state index in [4.69, 9.17) is 20.3 Å². The Morgan fingerprint density at radius 3 is 2.89 bits per heavy atom. The summed E-state index contributed by atoms with van der Waals surface area (Å²) in [4.78, 5) is 14.8. The Labute approximate surface area is 159 Å². The van der Waals surface area contributed by atoms with Crippen molar-refractivity contribution in [3.8, 4) is 11.5 Å². The number of unbranched alkanes of at least 4 members (excludes halogenated alkanes) is 1. The number of ether oxygens (including phenoxy) is 2. The molecule has 2 atom stereocenters. The maximum atomic E-state index is 12.6. The van der Waals surface area contributed by atoms with Gasteiger partial charge in [0.2, 0.25) is 0 Å². The number of fused-ring (bicyclic) bond motifs is 1. The summed E-state index contributed by atoms with van der Waals surface area (Å²) in [5.74, 6) is 0.647.